The molecule has 0 atom stereocenters. The summed E-state index contributed by atoms with van der Waals surface area (Å²) in [5.74, 6) is 0.00154. The fourth-order valence-electron chi connectivity index (χ4n) is 0.548. The van der Waals surface area contributed by atoms with Crippen LogP contribution in [0.2, 0.25) is 10.2 Å². The van der Waals surface area contributed by atoms with Crippen LogP contribution in [0.4, 0.5) is 0 Å². The molecule has 54 valence electrons. The monoisotopic (exact) mass is 177 g/mol. The maximum absolute atomic E-state index is 9.13. The summed E-state index contributed by atoms with van der Waals surface area (Å²) in [5, 5.41) is 9.63. The highest BCUT2D eigenvalue weighted by atomic mass is 35.5. The van der Waals surface area contributed by atoms with Crippen LogP contribution in [0.25, 0.3) is 0 Å². The van der Waals surface area contributed by atoms with Crippen LogP contribution < -0.4 is 0 Å². The molecule has 10 heavy (non-hydrogen) atoms. The zero-order chi connectivity index (χ0) is 7.72. The summed E-state index contributed by atoms with van der Waals surface area (Å²) < 4.78 is 0. The van der Waals surface area contributed by atoms with Gasteiger partial charge in [0, 0.05) is 5.56 Å². The highest BCUT2D eigenvalue weighted by Gasteiger charge is 2.05. The van der Waals surface area contributed by atoms with Gasteiger partial charge in [-0.25, -0.2) is 4.98 Å². The third-order valence-corrected chi connectivity index (χ3v) is 1.84. The third kappa shape index (κ3) is 1.18. The van der Waals surface area contributed by atoms with Crippen molar-refractivity contribution in [1.82, 2.24) is 4.98 Å². The predicted octanol–water partition coefficient (Wildman–Crippen LogP) is 2.40. The van der Waals surface area contributed by atoms with E-state index < -0.39 is 0 Å². The number of hydrogen-bond donors (Lipinski definition) is 1. The minimum atomic E-state index is 0.00154. The van der Waals surface area contributed by atoms with E-state index in [9.17, 15) is 0 Å². The third-order valence-electron chi connectivity index (χ3n) is 1.18. The molecule has 0 aliphatic rings. The Balaban J connectivity index is 3.34. The Labute approximate surface area is 68.4 Å². The lowest BCUT2D eigenvalue weighted by Gasteiger charge is -2.00. The van der Waals surface area contributed by atoms with Gasteiger partial charge >= 0.3 is 0 Å². The summed E-state index contributed by atoms with van der Waals surface area (Å²) in [7, 11) is 0. The molecule has 0 saturated heterocycles. The summed E-state index contributed by atoms with van der Waals surface area (Å²) in [4.78, 5) is 3.71. The Morgan fingerprint density at radius 1 is 1.50 bits per heavy atom. The van der Waals surface area contributed by atoms with Crippen molar-refractivity contribution < 1.29 is 5.11 Å². The number of aromatic hydroxyl groups is 1. The van der Waals surface area contributed by atoms with E-state index in [0.717, 1.165) is 0 Å². The van der Waals surface area contributed by atoms with E-state index >= 15 is 0 Å². The maximum atomic E-state index is 9.13. The standard InChI is InChI=1S/C6H5Cl2NO/c1-3-5(10)4(7)2-9-6(3)8/h2H,1H3,(H,9,10). The number of hydrogen-bond acceptors (Lipinski definition) is 2. The Morgan fingerprint density at radius 3 is 2.60 bits per heavy atom. The van der Waals surface area contributed by atoms with E-state index in [1.54, 1.807) is 6.92 Å². The Hall–Kier alpha value is -0.470. The molecule has 1 rings (SSSR count). The van der Waals surface area contributed by atoms with Crippen LogP contribution in [0.15, 0.2) is 6.20 Å². The normalized spacial score (nSPS) is 9.90. The van der Waals surface area contributed by atoms with Crippen molar-refractivity contribution in [2.45, 2.75) is 6.92 Å². The number of pyridine rings is 1. The molecule has 1 aromatic rings. The maximum Gasteiger partial charge on any atom is 0.141 e. The van der Waals surface area contributed by atoms with E-state index in [1.807, 2.05) is 0 Å². The topological polar surface area (TPSA) is 33.1 Å². The van der Waals surface area contributed by atoms with Crippen molar-refractivity contribution in [1.29, 1.82) is 0 Å². The lowest BCUT2D eigenvalue weighted by atomic mass is 10.3. The number of nitrogens with zero attached hydrogens (tertiary/aromatic N) is 1. The van der Waals surface area contributed by atoms with Gasteiger partial charge in [-0.3, -0.25) is 0 Å². The second-order valence-corrected chi connectivity index (χ2v) is 2.64. The van der Waals surface area contributed by atoms with Crippen molar-refractivity contribution in [2.75, 3.05) is 0 Å². The molecule has 0 amide bonds. The molecule has 0 fully saturated rings. The first-order chi connectivity index (χ1) is 4.63. The fraction of sp³-hybridized carbons (Fsp3) is 0.167. The van der Waals surface area contributed by atoms with Crippen molar-refractivity contribution in [2.24, 2.45) is 0 Å². The molecular weight excluding hydrogens is 173 g/mol. The fourth-order valence-corrected chi connectivity index (χ4v) is 0.877. The average Bonchev–Trinajstić information content (AvgIpc) is 1.93. The van der Waals surface area contributed by atoms with Crippen molar-refractivity contribution in [3.8, 4) is 5.75 Å². The van der Waals surface area contributed by atoms with Crippen LogP contribution >= 0.6 is 23.2 Å². The molecule has 2 nitrogen and oxygen atoms in total. The van der Waals surface area contributed by atoms with E-state index in [4.69, 9.17) is 28.3 Å². The van der Waals surface area contributed by atoms with Crippen LogP contribution in [-0.4, -0.2) is 10.1 Å². The van der Waals surface area contributed by atoms with Crippen LogP contribution in [0, 0.1) is 6.92 Å². The first-order valence-electron chi connectivity index (χ1n) is 2.62. The van der Waals surface area contributed by atoms with Gasteiger partial charge in [0.2, 0.25) is 0 Å². The molecule has 0 saturated carbocycles. The molecule has 0 aliphatic carbocycles. The van der Waals surface area contributed by atoms with Crippen molar-refractivity contribution >= 4 is 23.2 Å². The molecule has 1 N–H and O–H groups in total. The smallest absolute Gasteiger partial charge is 0.141 e. The largest absolute Gasteiger partial charge is 0.506 e. The zero-order valence-corrected chi connectivity index (χ0v) is 6.74. The molecular formula is C6H5Cl2NO. The van der Waals surface area contributed by atoms with E-state index in [0.29, 0.717) is 5.56 Å². The number of rotatable bonds is 0. The summed E-state index contributed by atoms with van der Waals surface area (Å²) in [6, 6.07) is 0. The van der Waals surface area contributed by atoms with Crippen LogP contribution in [-0.2, 0) is 0 Å². The summed E-state index contributed by atoms with van der Waals surface area (Å²) >= 11 is 11.1. The van der Waals surface area contributed by atoms with Gasteiger partial charge in [-0.1, -0.05) is 23.2 Å². The summed E-state index contributed by atoms with van der Waals surface area (Å²) in [5.41, 5.74) is 0.508. The molecule has 0 radical (unpaired) electrons. The second kappa shape index (κ2) is 2.64. The Morgan fingerprint density at radius 2 is 2.10 bits per heavy atom. The van der Waals surface area contributed by atoms with E-state index in [2.05, 4.69) is 4.98 Å². The van der Waals surface area contributed by atoms with Crippen LogP contribution in [0.3, 0.4) is 0 Å². The van der Waals surface area contributed by atoms with Gasteiger partial charge in [-0.05, 0) is 6.92 Å². The quantitative estimate of drug-likeness (QED) is 0.618. The second-order valence-electron chi connectivity index (χ2n) is 1.87. The van der Waals surface area contributed by atoms with E-state index in [-0.39, 0.29) is 15.9 Å². The van der Waals surface area contributed by atoms with E-state index in [1.165, 1.54) is 6.20 Å². The molecule has 1 heterocycles. The zero-order valence-electron chi connectivity index (χ0n) is 5.23. The lowest BCUT2D eigenvalue weighted by Crippen LogP contribution is -1.81. The van der Waals surface area contributed by atoms with Gasteiger partial charge < -0.3 is 5.11 Å². The van der Waals surface area contributed by atoms with Gasteiger partial charge in [0.15, 0.2) is 0 Å². The highest BCUT2D eigenvalue weighted by molar-refractivity contribution is 6.33. The van der Waals surface area contributed by atoms with Gasteiger partial charge in [-0.2, -0.15) is 0 Å². The minimum absolute atomic E-state index is 0.00154. The SMILES string of the molecule is Cc1c(Cl)ncc(Cl)c1O. The highest BCUT2D eigenvalue weighted by Crippen LogP contribution is 2.29. The summed E-state index contributed by atoms with van der Waals surface area (Å²) in [6.07, 6.45) is 1.31. The molecule has 1 aromatic heterocycles. The lowest BCUT2D eigenvalue weighted by molar-refractivity contribution is 0.470. The first-order valence-corrected chi connectivity index (χ1v) is 3.38. The van der Waals surface area contributed by atoms with Gasteiger partial charge in [-0.15, -0.1) is 0 Å². The first kappa shape index (κ1) is 7.63. The minimum Gasteiger partial charge on any atom is -0.506 e. The molecule has 0 spiro atoms. The number of aromatic nitrogens is 1. The summed E-state index contributed by atoms with van der Waals surface area (Å²) in [6.45, 7) is 1.65. The average molecular weight is 178 g/mol. The predicted molar refractivity (Wildman–Crippen MR) is 40.7 cm³/mol. The molecule has 4 heteroatoms. The van der Waals surface area contributed by atoms with Gasteiger partial charge in [0.25, 0.3) is 0 Å². The van der Waals surface area contributed by atoms with Gasteiger partial charge in [0.05, 0.1) is 6.20 Å². The molecule has 0 unspecified atom stereocenters. The number of halogens is 2. The molecule has 0 bridgehead atoms. The molecule has 0 aromatic carbocycles. The Bertz CT molecular complexity index is 235. The molecule has 0 aliphatic heterocycles. The van der Waals surface area contributed by atoms with Crippen molar-refractivity contribution in [3.05, 3.63) is 21.9 Å². The van der Waals surface area contributed by atoms with Gasteiger partial charge in [0.1, 0.15) is 15.9 Å². The van der Waals surface area contributed by atoms with Crippen LogP contribution in [0.1, 0.15) is 5.56 Å². The van der Waals surface area contributed by atoms with Crippen LogP contribution in [0.5, 0.6) is 5.75 Å². The Kier molecular flexibility index (Phi) is 2.02. The van der Waals surface area contributed by atoms with Crippen molar-refractivity contribution in [3.63, 3.8) is 0 Å².